The molecule has 2 N–H and O–H groups in total. The molecule has 1 fully saturated rings. The Morgan fingerprint density at radius 3 is 2.50 bits per heavy atom. The summed E-state index contributed by atoms with van der Waals surface area (Å²) in [6, 6.07) is 5.54. The monoisotopic (exact) mass is 249 g/mol. The summed E-state index contributed by atoms with van der Waals surface area (Å²) in [5.74, 6) is 0.0794. The lowest BCUT2D eigenvalue weighted by Crippen LogP contribution is -2.44. The minimum absolute atomic E-state index is 0.426. The third-order valence-corrected chi connectivity index (χ3v) is 3.32. The van der Waals surface area contributed by atoms with Crippen LogP contribution in [0, 0.1) is 0 Å². The SMILES string of the molecule is COc1cc(N2CCN(C)CC2)ccc1C(N)=O. The predicted octanol–water partition coefficient (Wildman–Crippen LogP) is 0.546. The predicted molar refractivity (Wildman–Crippen MR) is 71.2 cm³/mol. The van der Waals surface area contributed by atoms with Crippen molar-refractivity contribution in [2.75, 3.05) is 45.2 Å². The van der Waals surface area contributed by atoms with Crippen LogP contribution in [0.25, 0.3) is 0 Å². The molecule has 1 aromatic rings. The quantitative estimate of drug-likeness (QED) is 0.849. The molecule has 0 aliphatic carbocycles. The lowest BCUT2D eigenvalue weighted by atomic mass is 10.1. The minimum Gasteiger partial charge on any atom is -0.496 e. The van der Waals surface area contributed by atoms with Crippen LogP contribution in [0.2, 0.25) is 0 Å². The van der Waals surface area contributed by atoms with E-state index in [0.717, 1.165) is 31.9 Å². The number of nitrogens with two attached hydrogens (primary N) is 1. The second-order valence-electron chi connectivity index (χ2n) is 4.54. The van der Waals surface area contributed by atoms with Crippen LogP contribution in [-0.4, -0.2) is 51.1 Å². The highest BCUT2D eigenvalue weighted by Crippen LogP contribution is 2.26. The van der Waals surface area contributed by atoms with Crippen LogP contribution >= 0.6 is 0 Å². The van der Waals surface area contributed by atoms with E-state index in [1.165, 1.54) is 0 Å². The van der Waals surface area contributed by atoms with Gasteiger partial charge in [-0.2, -0.15) is 0 Å². The summed E-state index contributed by atoms with van der Waals surface area (Å²) in [5.41, 5.74) is 6.80. The zero-order valence-corrected chi connectivity index (χ0v) is 10.8. The third kappa shape index (κ3) is 2.56. The van der Waals surface area contributed by atoms with E-state index in [0.29, 0.717) is 11.3 Å². The van der Waals surface area contributed by atoms with Crippen molar-refractivity contribution in [1.29, 1.82) is 0 Å². The molecule has 18 heavy (non-hydrogen) atoms. The summed E-state index contributed by atoms with van der Waals surface area (Å²) in [6.45, 7) is 4.05. The lowest BCUT2D eigenvalue weighted by Gasteiger charge is -2.34. The number of amides is 1. The first-order valence-electron chi connectivity index (χ1n) is 6.03. The van der Waals surface area contributed by atoms with Gasteiger partial charge in [0.2, 0.25) is 0 Å². The molecule has 1 heterocycles. The molecular formula is C13H19N3O2. The van der Waals surface area contributed by atoms with E-state index < -0.39 is 5.91 Å². The largest absolute Gasteiger partial charge is 0.496 e. The Bertz CT molecular complexity index is 440. The van der Waals surface area contributed by atoms with Crippen LogP contribution in [0.1, 0.15) is 10.4 Å². The van der Waals surface area contributed by atoms with Crippen molar-refractivity contribution < 1.29 is 9.53 Å². The van der Waals surface area contributed by atoms with Gasteiger partial charge in [-0.15, -0.1) is 0 Å². The zero-order valence-electron chi connectivity index (χ0n) is 10.8. The fraction of sp³-hybridized carbons (Fsp3) is 0.462. The number of anilines is 1. The van der Waals surface area contributed by atoms with E-state index in [1.807, 2.05) is 12.1 Å². The lowest BCUT2D eigenvalue weighted by molar-refractivity contribution is 0.0997. The molecule has 0 bridgehead atoms. The Labute approximate surface area is 107 Å². The van der Waals surface area contributed by atoms with Crippen molar-refractivity contribution in [2.24, 2.45) is 5.73 Å². The van der Waals surface area contributed by atoms with E-state index in [9.17, 15) is 4.79 Å². The molecule has 0 saturated carbocycles. The number of nitrogens with zero attached hydrogens (tertiary/aromatic N) is 2. The fourth-order valence-corrected chi connectivity index (χ4v) is 2.14. The maximum absolute atomic E-state index is 11.2. The standard InChI is InChI=1S/C13H19N3O2/c1-15-5-7-16(8-6-15)10-3-4-11(13(14)17)12(9-10)18-2/h3-4,9H,5-8H2,1-2H3,(H2,14,17). The van der Waals surface area contributed by atoms with Crippen LogP contribution in [0.3, 0.4) is 0 Å². The van der Waals surface area contributed by atoms with Gasteiger partial charge in [-0.3, -0.25) is 4.79 Å². The molecule has 2 rings (SSSR count). The van der Waals surface area contributed by atoms with Crippen molar-refractivity contribution >= 4 is 11.6 Å². The highest BCUT2D eigenvalue weighted by Gasteiger charge is 2.16. The molecule has 1 saturated heterocycles. The van der Waals surface area contributed by atoms with Crippen LogP contribution in [-0.2, 0) is 0 Å². The number of likely N-dealkylation sites (N-methyl/N-ethyl adjacent to an activating group) is 1. The van der Waals surface area contributed by atoms with Gasteiger partial charge in [-0.1, -0.05) is 0 Å². The molecule has 98 valence electrons. The topological polar surface area (TPSA) is 58.8 Å². The van der Waals surface area contributed by atoms with E-state index in [1.54, 1.807) is 13.2 Å². The zero-order chi connectivity index (χ0) is 13.1. The van der Waals surface area contributed by atoms with E-state index >= 15 is 0 Å². The number of piperazine rings is 1. The van der Waals surface area contributed by atoms with Gasteiger partial charge in [0.15, 0.2) is 0 Å². The van der Waals surface area contributed by atoms with Gasteiger partial charge < -0.3 is 20.3 Å². The Morgan fingerprint density at radius 2 is 1.94 bits per heavy atom. The maximum Gasteiger partial charge on any atom is 0.252 e. The first kappa shape index (κ1) is 12.7. The normalized spacial score (nSPS) is 16.7. The van der Waals surface area contributed by atoms with Crippen molar-refractivity contribution in [3.05, 3.63) is 23.8 Å². The number of ether oxygens (including phenoxy) is 1. The average Bonchev–Trinajstić information content (AvgIpc) is 2.38. The van der Waals surface area contributed by atoms with Gasteiger partial charge in [0, 0.05) is 37.9 Å². The van der Waals surface area contributed by atoms with Crippen molar-refractivity contribution in [3.63, 3.8) is 0 Å². The smallest absolute Gasteiger partial charge is 0.252 e. The molecule has 0 spiro atoms. The highest BCUT2D eigenvalue weighted by atomic mass is 16.5. The number of benzene rings is 1. The highest BCUT2D eigenvalue weighted by molar-refractivity contribution is 5.96. The third-order valence-electron chi connectivity index (χ3n) is 3.32. The van der Waals surface area contributed by atoms with Gasteiger partial charge in [0.1, 0.15) is 5.75 Å². The van der Waals surface area contributed by atoms with Crippen LogP contribution in [0.5, 0.6) is 5.75 Å². The molecular weight excluding hydrogens is 230 g/mol. The van der Waals surface area contributed by atoms with Crippen LogP contribution < -0.4 is 15.4 Å². The summed E-state index contributed by atoms with van der Waals surface area (Å²) in [5, 5.41) is 0. The molecule has 1 aromatic carbocycles. The number of carbonyl (C=O) groups is 1. The number of primary amides is 1. The number of methoxy groups -OCH3 is 1. The molecule has 0 unspecified atom stereocenters. The molecule has 5 heteroatoms. The van der Waals surface area contributed by atoms with Crippen molar-refractivity contribution in [3.8, 4) is 5.75 Å². The molecule has 0 aromatic heterocycles. The molecule has 5 nitrogen and oxygen atoms in total. The van der Waals surface area contributed by atoms with Crippen molar-refractivity contribution in [2.45, 2.75) is 0 Å². The Balaban J connectivity index is 2.22. The van der Waals surface area contributed by atoms with E-state index in [-0.39, 0.29) is 0 Å². The average molecular weight is 249 g/mol. The number of hydrogen-bond acceptors (Lipinski definition) is 4. The summed E-state index contributed by atoms with van der Waals surface area (Å²) in [4.78, 5) is 15.8. The first-order chi connectivity index (χ1) is 8.61. The van der Waals surface area contributed by atoms with E-state index in [4.69, 9.17) is 10.5 Å². The molecule has 1 aliphatic rings. The fourth-order valence-electron chi connectivity index (χ4n) is 2.14. The van der Waals surface area contributed by atoms with Gasteiger partial charge >= 0.3 is 0 Å². The Hall–Kier alpha value is -1.75. The summed E-state index contributed by atoms with van der Waals surface area (Å²) >= 11 is 0. The van der Waals surface area contributed by atoms with Gasteiger partial charge in [-0.05, 0) is 19.2 Å². The second kappa shape index (κ2) is 5.27. The molecule has 0 atom stereocenters. The van der Waals surface area contributed by atoms with Gasteiger partial charge in [-0.25, -0.2) is 0 Å². The summed E-state index contributed by atoms with van der Waals surface area (Å²) in [7, 11) is 3.67. The maximum atomic E-state index is 11.2. The number of carbonyl (C=O) groups excluding carboxylic acids is 1. The molecule has 1 aliphatic heterocycles. The first-order valence-corrected chi connectivity index (χ1v) is 6.03. The molecule has 1 amide bonds. The van der Waals surface area contributed by atoms with Crippen LogP contribution in [0.4, 0.5) is 5.69 Å². The molecule has 0 radical (unpaired) electrons. The van der Waals surface area contributed by atoms with Gasteiger partial charge in [0.05, 0.1) is 12.7 Å². The second-order valence-corrected chi connectivity index (χ2v) is 4.54. The number of hydrogen-bond donors (Lipinski definition) is 1. The summed E-state index contributed by atoms with van der Waals surface area (Å²) < 4.78 is 5.22. The van der Waals surface area contributed by atoms with Crippen molar-refractivity contribution in [1.82, 2.24) is 4.90 Å². The van der Waals surface area contributed by atoms with E-state index in [2.05, 4.69) is 16.8 Å². The van der Waals surface area contributed by atoms with Crippen LogP contribution in [0.15, 0.2) is 18.2 Å². The Kier molecular flexibility index (Phi) is 3.72. The Morgan fingerprint density at radius 1 is 1.28 bits per heavy atom. The van der Waals surface area contributed by atoms with Gasteiger partial charge in [0.25, 0.3) is 5.91 Å². The minimum atomic E-state index is -0.461. The summed E-state index contributed by atoms with van der Waals surface area (Å²) in [6.07, 6.45) is 0. The number of rotatable bonds is 3.